The van der Waals surface area contributed by atoms with Crippen molar-refractivity contribution >= 4 is 51.4 Å². The van der Waals surface area contributed by atoms with E-state index in [0.29, 0.717) is 37.4 Å². The fourth-order valence-electron chi connectivity index (χ4n) is 4.50. The van der Waals surface area contributed by atoms with E-state index in [0.717, 1.165) is 42.6 Å². The molecule has 0 bridgehead atoms. The summed E-state index contributed by atoms with van der Waals surface area (Å²) in [5, 5.41) is 31.3. The van der Waals surface area contributed by atoms with Gasteiger partial charge in [-0.2, -0.15) is 5.26 Å². The number of anilines is 1. The maximum absolute atomic E-state index is 10.7. The van der Waals surface area contributed by atoms with Crippen molar-refractivity contribution in [3.05, 3.63) is 69.2 Å². The Bertz CT molecular complexity index is 1470. The summed E-state index contributed by atoms with van der Waals surface area (Å²) in [6, 6.07) is 16.1. The second-order valence-electron chi connectivity index (χ2n) is 8.54. The van der Waals surface area contributed by atoms with E-state index in [4.69, 9.17) is 40.5 Å². The Morgan fingerprint density at radius 2 is 1.69 bits per heavy atom. The molecule has 0 radical (unpaired) electrons. The minimum absolute atomic E-state index is 0.120. The number of benzene rings is 3. The third-order valence-electron chi connectivity index (χ3n) is 6.26. The van der Waals surface area contributed by atoms with Crippen LogP contribution < -0.4 is 10.6 Å². The molecule has 0 amide bonds. The monoisotopic (exact) mass is 523 g/mol. The minimum Gasteiger partial charge on any atom is -0.506 e. The highest BCUT2D eigenvalue weighted by molar-refractivity contribution is 6.35. The SMILES string of the molecule is N#Cc1cccc(-c2cc3c(N4CCC(N)CC4)c(-c4cc(Cl)cc(Cl)c4)nnc3cc2Cl)c1O. The summed E-state index contributed by atoms with van der Waals surface area (Å²) in [6.07, 6.45) is 1.68. The lowest BCUT2D eigenvalue weighted by atomic mass is 9.97. The lowest BCUT2D eigenvalue weighted by molar-refractivity contribution is 0.475. The number of hydrogen-bond acceptors (Lipinski definition) is 6. The number of phenols is 1. The van der Waals surface area contributed by atoms with Gasteiger partial charge in [0.25, 0.3) is 0 Å². The predicted molar refractivity (Wildman–Crippen MR) is 141 cm³/mol. The van der Waals surface area contributed by atoms with Crippen LogP contribution in [0.2, 0.25) is 15.1 Å². The molecule has 0 aliphatic carbocycles. The number of nitrogens with zero attached hydrogens (tertiary/aromatic N) is 4. The number of piperidine rings is 1. The molecule has 1 aliphatic rings. The summed E-state index contributed by atoms with van der Waals surface area (Å²) in [5.74, 6) is -0.120. The smallest absolute Gasteiger partial charge is 0.141 e. The van der Waals surface area contributed by atoms with Gasteiger partial charge < -0.3 is 15.7 Å². The highest BCUT2D eigenvalue weighted by Gasteiger charge is 2.25. The molecule has 9 heteroatoms. The van der Waals surface area contributed by atoms with Gasteiger partial charge in [-0.3, -0.25) is 0 Å². The number of hydrogen-bond donors (Lipinski definition) is 2. The maximum atomic E-state index is 10.7. The van der Waals surface area contributed by atoms with Gasteiger partial charge in [0.05, 0.1) is 21.8 Å². The zero-order valence-corrected chi connectivity index (χ0v) is 20.7. The van der Waals surface area contributed by atoms with Gasteiger partial charge in [-0.15, -0.1) is 10.2 Å². The molecule has 3 N–H and O–H groups in total. The molecule has 0 atom stereocenters. The van der Waals surface area contributed by atoms with Crippen LogP contribution in [0.25, 0.3) is 33.3 Å². The molecular formula is C26H20Cl3N5O. The van der Waals surface area contributed by atoms with Gasteiger partial charge in [0, 0.05) is 51.3 Å². The Morgan fingerprint density at radius 1 is 0.971 bits per heavy atom. The van der Waals surface area contributed by atoms with Crippen LogP contribution in [0, 0.1) is 11.3 Å². The second-order valence-corrected chi connectivity index (χ2v) is 9.82. The summed E-state index contributed by atoms with van der Waals surface area (Å²) in [4.78, 5) is 2.24. The number of aromatic hydroxyl groups is 1. The van der Waals surface area contributed by atoms with Crippen LogP contribution in [-0.4, -0.2) is 34.4 Å². The third-order valence-corrected chi connectivity index (χ3v) is 7.01. The van der Waals surface area contributed by atoms with Crippen molar-refractivity contribution in [1.29, 1.82) is 5.26 Å². The Kier molecular flexibility index (Phi) is 6.43. The molecule has 0 unspecified atom stereocenters. The zero-order valence-electron chi connectivity index (χ0n) is 18.5. The zero-order chi connectivity index (χ0) is 24.7. The van der Waals surface area contributed by atoms with Crippen LogP contribution in [0.3, 0.4) is 0 Å². The van der Waals surface area contributed by atoms with E-state index < -0.39 is 0 Å². The number of rotatable bonds is 3. The number of nitrogens with two attached hydrogens (primary N) is 1. The Morgan fingerprint density at radius 3 is 2.37 bits per heavy atom. The van der Waals surface area contributed by atoms with Crippen LogP contribution in [-0.2, 0) is 0 Å². The molecule has 6 nitrogen and oxygen atoms in total. The van der Waals surface area contributed by atoms with Gasteiger partial charge in [0.1, 0.15) is 17.5 Å². The highest BCUT2D eigenvalue weighted by atomic mass is 35.5. The summed E-state index contributed by atoms with van der Waals surface area (Å²) < 4.78 is 0. The molecule has 0 spiro atoms. The van der Waals surface area contributed by atoms with Crippen molar-refractivity contribution in [2.45, 2.75) is 18.9 Å². The molecule has 0 saturated carbocycles. The molecule has 3 aromatic carbocycles. The number of aromatic nitrogens is 2. The molecule has 1 aromatic heterocycles. The van der Waals surface area contributed by atoms with Crippen molar-refractivity contribution in [1.82, 2.24) is 10.2 Å². The standard InChI is InChI=1S/C26H20Cl3N5O/c27-16-8-15(9-17(28)10-16)24-25(34-6-4-18(31)5-7-34)21-11-20(22(29)12-23(21)32-33-24)19-3-1-2-14(13-30)26(19)35/h1-3,8-12,18,35H,4-7,31H2. The third kappa shape index (κ3) is 4.49. The van der Waals surface area contributed by atoms with Crippen molar-refractivity contribution in [2.24, 2.45) is 5.73 Å². The summed E-state index contributed by atoms with van der Waals surface area (Å²) in [7, 11) is 0. The molecule has 1 aliphatic heterocycles. The number of halogens is 3. The molecule has 176 valence electrons. The number of phenolic OH excluding ortho intramolecular Hbond substituents is 1. The van der Waals surface area contributed by atoms with E-state index in [9.17, 15) is 10.4 Å². The molecule has 1 saturated heterocycles. The van der Waals surface area contributed by atoms with Crippen LogP contribution >= 0.6 is 34.8 Å². The molecule has 5 rings (SSSR count). The van der Waals surface area contributed by atoms with Gasteiger partial charge in [-0.1, -0.05) is 46.9 Å². The summed E-state index contributed by atoms with van der Waals surface area (Å²) in [6.45, 7) is 1.49. The summed E-state index contributed by atoms with van der Waals surface area (Å²) in [5.41, 5.74) is 10.3. The Balaban J connectivity index is 1.80. The average Bonchev–Trinajstić information content (AvgIpc) is 2.83. The first-order valence-electron chi connectivity index (χ1n) is 11.0. The quantitative estimate of drug-likeness (QED) is 0.320. The normalized spacial score (nSPS) is 14.3. The highest BCUT2D eigenvalue weighted by Crippen LogP contribution is 2.43. The summed E-state index contributed by atoms with van der Waals surface area (Å²) >= 11 is 19.3. The van der Waals surface area contributed by atoms with E-state index in [-0.39, 0.29) is 17.4 Å². The fourth-order valence-corrected chi connectivity index (χ4v) is 5.29. The first-order chi connectivity index (χ1) is 16.9. The minimum atomic E-state index is -0.120. The van der Waals surface area contributed by atoms with Crippen LogP contribution in [0.1, 0.15) is 18.4 Å². The van der Waals surface area contributed by atoms with Crippen molar-refractivity contribution in [2.75, 3.05) is 18.0 Å². The number of nitriles is 1. The van der Waals surface area contributed by atoms with Crippen molar-refractivity contribution < 1.29 is 5.11 Å². The van der Waals surface area contributed by atoms with Crippen molar-refractivity contribution in [3.8, 4) is 34.2 Å². The molecule has 35 heavy (non-hydrogen) atoms. The molecule has 4 aromatic rings. The average molecular weight is 525 g/mol. The lowest BCUT2D eigenvalue weighted by Crippen LogP contribution is -2.40. The second kappa shape index (κ2) is 9.52. The van der Waals surface area contributed by atoms with E-state index in [1.807, 2.05) is 24.3 Å². The largest absolute Gasteiger partial charge is 0.506 e. The van der Waals surface area contributed by atoms with Crippen LogP contribution in [0.15, 0.2) is 48.5 Å². The first kappa shape index (κ1) is 23.7. The Labute approximate surface area is 217 Å². The number of fused-ring (bicyclic) bond motifs is 1. The number of para-hydroxylation sites is 1. The van der Waals surface area contributed by atoms with E-state index >= 15 is 0 Å². The maximum Gasteiger partial charge on any atom is 0.141 e. The van der Waals surface area contributed by atoms with Crippen molar-refractivity contribution in [3.63, 3.8) is 0 Å². The van der Waals surface area contributed by atoms with Crippen LogP contribution in [0.5, 0.6) is 5.75 Å². The van der Waals surface area contributed by atoms with Gasteiger partial charge in [0.15, 0.2) is 0 Å². The van der Waals surface area contributed by atoms with Crippen LogP contribution in [0.4, 0.5) is 5.69 Å². The van der Waals surface area contributed by atoms with E-state index in [1.165, 1.54) is 0 Å². The van der Waals surface area contributed by atoms with Gasteiger partial charge in [0.2, 0.25) is 0 Å². The lowest BCUT2D eigenvalue weighted by Gasteiger charge is -2.33. The molecule has 1 fully saturated rings. The van der Waals surface area contributed by atoms with E-state index in [1.54, 1.807) is 30.3 Å². The van der Waals surface area contributed by atoms with E-state index in [2.05, 4.69) is 15.1 Å². The molecule has 2 heterocycles. The van der Waals surface area contributed by atoms with Gasteiger partial charge in [-0.05, 0) is 49.2 Å². The topological polar surface area (TPSA) is 99.1 Å². The Hall–Kier alpha value is -3.08. The predicted octanol–water partition coefficient (Wildman–Crippen LogP) is 6.43. The van der Waals surface area contributed by atoms with Gasteiger partial charge >= 0.3 is 0 Å². The molecular weight excluding hydrogens is 505 g/mol. The first-order valence-corrected chi connectivity index (χ1v) is 12.2. The fraction of sp³-hybridized carbons (Fsp3) is 0.192. The van der Waals surface area contributed by atoms with Gasteiger partial charge in [-0.25, -0.2) is 0 Å².